The molecule has 0 saturated carbocycles. The SMILES string of the molecule is O=C(Nc1ccc2nccnc2c1)c1cccnc1Cl. The minimum absolute atomic E-state index is 0.172. The third-order valence-electron chi connectivity index (χ3n) is 2.73. The number of carbonyl (C=O) groups excluding carboxylic acids is 1. The molecule has 0 unspecified atom stereocenters. The van der Waals surface area contributed by atoms with Gasteiger partial charge in [0, 0.05) is 24.3 Å². The standard InChI is InChI=1S/C14H9ClN4O/c15-13-10(2-1-5-18-13)14(20)19-9-3-4-11-12(8-9)17-7-6-16-11/h1-8H,(H,19,20). The van der Waals surface area contributed by atoms with Gasteiger partial charge in [0.2, 0.25) is 0 Å². The summed E-state index contributed by atoms with van der Waals surface area (Å²) in [6.45, 7) is 0. The molecule has 1 N–H and O–H groups in total. The molecular weight excluding hydrogens is 276 g/mol. The lowest BCUT2D eigenvalue weighted by atomic mass is 10.2. The quantitative estimate of drug-likeness (QED) is 0.735. The topological polar surface area (TPSA) is 67.8 Å². The lowest BCUT2D eigenvalue weighted by molar-refractivity contribution is 0.102. The Bertz CT molecular complexity index is 791. The number of rotatable bonds is 2. The van der Waals surface area contributed by atoms with E-state index < -0.39 is 0 Å². The molecule has 0 bridgehead atoms. The summed E-state index contributed by atoms with van der Waals surface area (Å²) in [7, 11) is 0. The maximum atomic E-state index is 12.1. The van der Waals surface area contributed by atoms with E-state index in [1.165, 1.54) is 6.20 Å². The predicted molar refractivity (Wildman–Crippen MR) is 76.7 cm³/mol. The predicted octanol–water partition coefficient (Wildman–Crippen LogP) is 2.93. The molecule has 6 heteroatoms. The van der Waals surface area contributed by atoms with Crippen molar-refractivity contribution >= 4 is 34.2 Å². The van der Waals surface area contributed by atoms with Crippen LogP contribution in [0, 0.1) is 0 Å². The number of hydrogen-bond acceptors (Lipinski definition) is 4. The van der Waals surface area contributed by atoms with E-state index in [-0.39, 0.29) is 11.1 Å². The first-order valence-corrected chi connectivity index (χ1v) is 6.24. The second-order valence-corrected chi connectivity index (χ2v) is 4.41. The zero-order valence-electron chi connectivity index (χ0n) is 10.2. The Balaban J connectivity index is 1.89. The van der Waals surface area contributed by atoms with Gasteiger partial charge in [-0.3, -0.25) is 14.8 Å². The summed E-state index contributed by atoms with van der Waals surface area (Å²) < 4.78 is 0. The highest BCUT2D eigenvalue weighted by molar-refractivity contribution is 6.33. The van der Waals surface area contributed by atoms with Crippen molar-refractivity contribution in [2.45, 2.75) is 0 Å². The summed E-state index contributed by atoms with van der Waals surface area (Å²) in [6.07, 6.45) is 4.76. The van der Waals surface area contributed by atoms with Gasteiger partial charge >= 0.3 is 0 Å². The van der Waals surface area contributed by atoms with Gasteiger partial charge in [-0.2, -0.15) is 0 Å². The van der Waals surface area contributed by atoms with E-state index in [4.69, 9.17) is 11.6 Å². The highest BCUT2D eigenvalue weighted by Gasteiger charge is 2.11. The van der Waals surface area contributed by atoms with Crippen molar-refractivity contribution in [2.75, 3.05) is 5.32 Å². The summed E-state index contributed by atoms with van der Waals surface area (Å²) in [5.41, 5.74) is 2.43. The van der Waals surface area contributed by atoms with Crippen LogP contribution < -0.4 is 5.32 Å². The molecule has 2 heterocycles. The summed E-state index contributed by atoms with van der Waals surface area (Å²) in [5, 5.41) is 2.93. The number of halogens is 1. The number of nitrogens with zero attached hydrogens (tertiary/aromatic N) is 3. The Morgan fingerprint density at radius 1 is 1.00 bits per heavy atom. The molecular formula is C14H9ClN4O. The normalized spacial score (nSPS) is 10.4. The summed E-state index contributed by atoms with van der Waals surface area (Å²) >= 11 is 5.89. The largest absolute Gasteiger partial charge is 0.322 e. The Kier molecular flexibility index (Phi) is 3.26. The molecule has 0 fully saturated rings. The fourth-order valence-corrected chi connectivity index (χ4v) is 2.00. The van der Waals surface area contributed by atoms with Crippen LogP contribution >= 0.6 is 11.6 Å². The summed E-state index contributed by atoms with van der Waals surface area (Å²) in [5.74, 6) is -0.314. The molecule has 20 heavy (non-hydrogen) atoms. The minimum atomic E-state index is -0.314. The first-order valence-electron chi connectivity index (χ1n) is 5.87. The second kappa shape index (κ2) is 5.22. The minimum Gasteiger partial charge on any atom is -0.322 e. The van der Waals surface area contributed by atoms with Gasteiger partial charge in [0.1, 0.15) is 5.15 Å². The maximum absolute atomic E-state index is 12.1. The number of aromatic nitrogens is 3. The van der Waals surface area contributed by atoms with Gasteiger partial charge in [-0.15, -0.1) is 0 Å². The lowest BCUT2D eigenvalue weighted by Crippen LogP contribution is -2.12. The van der Waals surface area contributed by atoms with Gasteiger partial charge in [0.15, 0.2) is 0 Å². The van der Waals surface area contributed by atoms with Gasteiger partial charge in [0.05, 0.1) is 16.6 Å². The van der Waals surface area contributed by atoms with Gasteiger partial charge < -0.3 is 5.32 Å². The Hall–Kier alpha value is -2.53. The molecule has 3 aromatic rings. The highest BCUT2D eigenvalue weighted by atomic mass is 35.5. The van der Waals surface area contributed by atoms with Crippen LogP contribution in [0.1, 0.15) is 10.4 Å². The number of anilines is 1. The number of carbonyl (C=O) groups is 1. The van der Waals surface area contributed by atoms with Crippen LogP contribution in [-0.4, -0.2) is 20.9 Å². The number of benzene rings is 1. The molecule has 2 aromatic heterocycles. The van der Waals surface area contributed by atoms with E-state index in [9.17, 15) is 4.79 Å². The van der Waals surface area contributed by atoms with Crippen LogP contribution in [0.3, 0.4) is 0 Å². The molecule has 0 saturated heterocycles. The molecule has 0 radical (unpaired) electrons. The van der Waals surface area contributed by atoms with Gasteiger partial charge in [-0.25, -0.2) is 4.98 Å². The van der Waals surface area contributed by atoms with E-state index >= 15 is 0 Å². The van der Waals surface area contributed by atoms with Crippen LogP contribution in [-0.2, 0) is 0 Å². The van der Waals surface area contributed by atoms with Crippen molar-refractivity contribution in [1.29, 1.82) is 0 Å². The van der Waals surface area contributed by atoms with Gasteiger partial charge in [-0.05, 0) is 30.3 Å². The van der Waals surface area contributed by atoms with E-state index in [1.807, 2.05) is 0 Å². The Labute approximate surface area is 119 Å². The Morgan fingerprint density at radius 3 is 2.60 bits per heavy atom. The average molecular weight is 285 g/mol. The van der Waals surface area contributed by atoms with E-state index in [0.29, 0.717) is 16.8 Å². The first-order chi connectivity index (χ1) is 9.74. The third-order valence-corrected chi connectivity index (χ3v) is 3.03. The number of hydrogen-bond donors (Lipinski definition) is 1. The smallest absolute Gasteiger partial charge is 0.258 e. The number of nitrogens with one attached hydrogen (secondary N) is 1. The molecule has 0 aliphatic rings. The van der Waals surface area contributed by atoms with Crippen molar-refractivity contribution < 1.29 is 4.79 Å². The number of pyridine rings is 1. The van der Waals surface area contributed by atoms with E-state index in [2.05, 4.69) is 20.3 Å². The molecule has 1 amide bonds. The Morgan fingerprint density at radius 2 is 1.80 bits per heavy atom. The first kappa shape index (κ1) is 12.5. The number of amides is 1. The van der Waals surface area contributed by atoms with Crippen LogP contribution in [0.15, 0.2) is 48.9 Å². The highest BCUT2D eigenvalue weighted by Crippen LogP contribution is 2.18. The van der Waals surface area contributed by atoms with Crippen LogP contribution in [0.25, 0.3) is 11.0 Å². The molecule has 0 spiro atoms. The number of fused-ring (bicyclic) bond motifs is 1. The molecule has 1 aromatic carbocycles. The van der Waals surface area contributed by atoms with Gasteiger partial charge in [0.25, 0.3) is 5.91 Å². The molecule has 5 nitrogen and oxygen atoms in total. The van der Waals surface area contributed by atoms with E-state index in [1.54, 1.807) is 42.7 Å². The fraction of sp³-hybridized carbons (Fsp3) is 0. The molecule has 0 atom stereocenters. The average Bonchev–Trinajstić information content (AvgIpc) is 2.47. The van der Waals surface area contributed by atoms with Crippen molar-refractivity contribution in [3.63, 3.8) is 0 Å². The zero-order chi connectivity index (χ0) is 13.9. The third kappa shape index (κ3) is 2.44. The molecule has 3 rings (SSSR count). The maximum Gasteiger partial charge on any atom is 0.258 e. The van der Waals surface area contributed by atoms with Crippen LogP contribution in [0.4, 0.5) is 5.69 Å². The van der Waals surface area contributed by atoms with Crippen LogP contribution in [0.2, 0.25) is 5.15 Å². The van der Waals surface area contributed by atoms with Crippen molar-refractivity contribution in [3.8, 4) is 0 Å². The monoisotopic (exact) mass is 284 g/mol. The van der Waals surface area contributed by atoms with E-state index in [0.717, 1.165) is 5.52 Å². The molecule has 0 aliphatic heterocycles. The molecule has 0 aliphatic carbocycles. The summed E-state index contributed by atoms with van der Waals surface area (Å²) in [4.78, 5) is 24.3. The van der Waals surface area contributed by atoms with Gasteiger partial charge in [-0.1, -0.05) is 11.6 Å². The van der Waals surface area contributed by atoms with Crippen molar-refractivity contribution in [3.05, 3.63) is 59.6 Å². The second-order valence-electron chi connectivity index (χ2n) is 4.06. The zero-order valence-corrected chi connectivity index (χ0v) is 11.0. The van der Waals surface area contributed by atoms with Crippen LogP contribution in [0.5, 0.6) is 0 Å². The van der Waals surface area contributed by atoms with Crippen molar-refractivity contribution in [1.82, 2.24) is 15.0 Å². The van der Waals surface area contributed by atoms with Crippen molar-refractivity contribution in [2.24, 2.45) is 0 Å². The fourth-order valence-electron chi connectivity index (χ4n) is 1.79. The summed E-state index contributed by atoms with van der Waals surface area (Å²) in [6, 6.07) is 8.59. The molecule has 98 valence electrons. The lowest BCUT2D eigenvalue weighted by Gasteiger charge is -2.06.